The molecular weight excluding hydrogens is 406 g/mol. The molecule has 134 valence electrons. The second-order valence-corrected chi connectivity index (χ2v) is 7.26. The normalized spacial score (nSPS) is 10.6. The number of nitrogens with one attached hydrogen (secondary N) is 1. The van der Waals surface area contributed by atoms with Crippen LogP contribution in [0.4, 0.5) is 5.69 Å². The minimum Gasteiger partial charge on any atom is -0.494 e. The summed E-state index contributed by atoms with van der Waals surface area (Å²) >= 11 is 9.23. The van der Waals surface area contributed by atoms with Crippen LogP contribution in [0.2, 0.25) is 5.02 Å². The van der Waals surface area contributed by atoms with E-state index in [0.717, 1.165) is 12.2 Å². The molecule has 25 heavy (non-hydrogen) atoms. The van der Waals surface area contributed by atoms with Gasteiger partial charge in [-0.2, -0.15) is 0 Å². The molecule has 0 heterocycles. The van der Waals surface area contributed by atoms with Gasteiger partial charge in [-0.1, -0.05) is 31.5 Å². The third-order valence-corrected chi connectivity index (χ3v) is 4.19. The number of benzene rings is 2. The van der Waals surface area contributed by atoms with E-state index in [0.29, 0.717) is 33.5 Å². The van der Waals surface area contributed by atoms with Gasteiger partial charge in [0.2, 0.25) is 0 Å². The van der Waals surface area contributed by atoms with Gasteiger partial charge in [0.1, 0.15) is 11.5 Å². The van der Waals surface area contributed by atoms with Gasteiger partial charge in [0.25, 0.3) is 5.91 Å². The molecule has 2 aromatic rings. The lowest BCUT2D eigenvalue weighted by Gasteiger charge is -2.11. The van der Waals surface area contributed by atoms with Crippen molar-refractivity contribution >= 4 is 39.1 Å². The van der Waals surface area contributed by atoms with Gasteiger partial charge >= 0.3 is 0 Å². The van der Waals surface area contributed by atoms with Gasteiger partial charge in [0, 0.05) is 16.8 Å². The maximum atomic E-state index is 12.1. The molecule has 0 bridgehead atoms. The van der Waals surface area contributed by atoms with E-state index in [1.165, 1.54) is 0 Å². The summed E-state index contributed by atoms with van der Waals surface area (Å²) in [5, 5.41) is 3.39. The van der Waals surface area contributed by atoms with Crippen LogP contribution in [0, 0.1) is 5.92 Å². The number of amides is 1. The minimum atomic E-state index is -0.249. The Balaban J connectivity index is 1.85. The molecular formula is C19H21BrClNO3. The molecule has 4 nitrogen and oxygen atoms in total. The van der Waals surface area contributed by atoms with Gasteiger partial charge in [0.05, 0.1) is 11.1 Å². The zero-order chi connectivity index (χ0) is 18.2. The third-order valence-electron chi connectivity index (χ3n) is 3.33. The number of carbonyl (C=O) groups excluding carboxylic acids is 1. The molecule has 0 atom stereocenters. The Hall–Kier alpha value is -1.72. The number of hydrogen-bond donors (Lipinski definition) is 1. The van der Waals surface area contributed by atoms with Crippen molar-refractivity contribution in [3.05, 3.63) is 52.0 Å². The first-order valence-electron chi connectivity index (χ1n) is 8.04. The summed E-state index contributed by atoms with van der Waals surface area (Å²) in [4.78, 5) is 12.1. The summed E-state index contributed by atoms with van der Waals surface area (Å²) in [6.45, 7) is 4.86. The SMILES string of the molecule is CC(C)CCOc1cccc(NC(=O)COc2ccc(Cl)cc2Br)c1. The molecule has 0 aliphatic heterocycles. The van der Waals surface area contributed by atoms with Crippen LogP contribution in [-0.4, -0.2) is 19.1 Å². The topological polar surface area (TPSA) is 47.6 Å². The first-order valence-corrected chi connectivity index (χ1v) is 9.21. The Bertz CT molecular complexity index is 722. The first-order chi connectivity index (χ1) is 11.9. The monoisotopic (exact) mass is 425 g/mol. The number of rotatable bonds is 8. The Morgan fingerprint density at radius 2 is 2.00 bits per heavy atom. The summed E-state index contributed by atoms with van der Waals surface area (Å²) in [6.07, 6.45) is 0.987. The highest BCUT2D eigenvalue weighted by atomic mass is 79.9. The Kier molecular flexibility index (Phi) is 7.59. The maximum Gasteiger partial charge on any atom is 0.262 e. The molecule has 0 aromatic heterocycles. The van der Waals surface area contributed by atoms with Crippen LogP contribution >= 0.6 is 27.5 Å². The van der Waals surface area contributed by atoms with Gasteiger partial charge < -0.3 is 14.8 Å². The largest absolute Gasteiger partial charge is 0.494 e. The number of halogens is 2. The average Bonchev–Trinajstić information content (AvgIpc) is 2.54. The van der Waals surface area contributed by atoms with Crippen molar-refractivity contribution in [3.63, 3.8) is 0 Å². The van der Waals surface area contributed by atoms with E-state index < -0.39 is 0 Å². The van der Waals surface area contributed by atoms with E-state index in [2.05, 4.69) is 35.1 Å². The predicted octanol–water partition coefficient (Wildman–Crippen LogP) is 5.54. The van der Waals surface area contributed by atoms with Crippen molar-refractivity contribution in [2.45, 2.75) is 20.3 Å². The minimum absolute atomic E-state index is 0.0985. The molecule has 0 saturated carbocycles. The van der Waals surface area contributed by atoms with Crippen molar-refractivity contribution in [3.8, 4) is 11.5 Å². The lowest BCUT2D eigenvalue weighted by Crippen LogP contribution is -2.20. The van der Waals surface area contributed by atoms with E-state index in [9.17, 15) is 4.79 Å². The molecule has 0 spiro atoms. The fourth-order valence-corrected chi connectivity index (χ4v) is 2.81. The summed E-state index contributed by atoms with van der Waals surface area (Å²) in [6, 6.07) is 12.5. The highest BCUT2D eigenvalue weighted by Crippen LogP contribution is 2.28. The Morgan fingerprint density at radius 3 is 2.72 bits per heavy atom. The van der Waals surface area contributed by atoms with Crippen molar-refractivity contribution in [2.75, 3.05) is 18.5 Å². The number of anilines is 1. The summed E-state index contributed by atoms with van der Waals surface area (Å²) < 4.78 is 11.9. The fourth-order valence-electron chi connectivity index (χ4n) is 2.01. The van der Waals surface area contributed by atoms with E-state index in [-0.39, 0.29) is 12.5 Å². The Labute approximate surface area is 161 Å². The van der Waals surface area contributed by atoms with Gasteiger partial charge in [-0.3, -0.25) is 4.79 Å². The molecule has 6 heteroatoms. The molecule has 2 aromatic carbocycles. The average molecular weight is 427 g/mol. The lowest BCUT2D eigenvalue weighted by molar-refractivity contribution is -0.118. The molecule has 1 N–H and O–H groups in total. The van der Waals surface area contributed by atoms with Crippen molar-refractivity contribution < 1.29 is 14.3 Å². The first kappa shape index (κ1) is 19.6. The van der Waals surface area contributed by atoms with Gasteiger partial charge in [-0.25, -0.2) is 0 Å². The second kappa shape index (κ2) is 9.68. The van der Waals surface area contributed by atoms with Crippen LogP contribution in [0.5, 0.6) is 11.5 Å². The standard InChI is InChI=1S/C19H21BrClNO3/c1-13(2)8-9-24-16-5-3-4-15(11-16)22-19(23)12-25-18-7-6-14(21)10-17(18)20/h3-7,10-11,13H,8-9,12H2,1-2H3,(H,22,23). The van der Waals surface area contributed by atoms with E-state index in [1.54, 1.807) is 24.3 Å². The quantitative estimate of drug-likeness (QED) is 0.602. The number of carbonyl (C=O) groups is 1. The van der Waals surface area contributed by atoms with Crippen LogP contribution in [0.3, 0.4) is 0 Å². The molecule has 0 fully saturated rings. The smallest absolute Gasteiger partial charge is 0.262 e. The van der Waals surface area contributed by atoms with Crippen molar-refractivity contribution in [2.24, 2.45) is 5.92 Å². The van der Waals surface area contributed by atoms with Gasteiger partial charge in [0.15, 0.2) is 6.61 Å². The maximum absolute atomic E-state index is 12.1. The zero-order valence-corrected chi connectivity index (χ0v) is 16.6. The second-order valence-electron chi connectivity index (χ2n) is 5.97. The van der Waals surface area contributed by atoms with Crippen LogP contribution < -0.4 is 14.8 Å². The van der Waals surface area contributed by atoms with E-state index >= 15 is 0 Å². The molecule has 0 aliphatic rings. The van der Waals surface area contributed by atoms with Crippen LogP contribution in [0.15, 0.2) is 46.9 Å². The summed E-state index contributed by atoms with van der Waals surface area (Å²) in [5.74, 6) is 1.64. The predicted molar refractivity (Wildman–Crippen MR) is 105 cm³/mol. The van der Waals surface area contributed by atoms with E-state index in [4.69, 9.17) is 21.1 Å². The Morgan fingerprint density at radius 1 is 1.20 bits per heavy atom. The lowest BCUT2D eigenvalue weighted by atomic mass is 10.1. The van der Waals surface area contributed by atoms with E-state index in [1.807, 2.05) is 18.2 Å². The van der Waals surface area contributed by atoms with Crippen molar-refractivity contribution in [1.82, 2.24) is 0 Å². The van der Waals surface area contributed by atoms with Gasteiger partial charge in [-0.05, 0) is 58.6 Å². The molecule has 1 amide bonds. The number of ether oxygens (including phenoxy) is 2. The zero-order valence-electron chi connectivity index (χ0n) is 14.2. The molecule has 0 aliphatic carbocycles. The molecule has 2 rings (SSSR count). The summed E-state index contributed by atoms with van der Waals surface area (Å²) in [5.41, 5.74) is 0.672. The molecule has 0 unspecified atom stereocenters. The molecule has 0 saturated heterocycles. The highest BCUT2D eigenvalue weighted by Gasteiger charge is 2.07. The van der Waals surface area contributed by atoms with Crippen LogP contribution in [0.1, 0.15) is 20.3 Å². The highest BCUT2D eigenvalue weighted by molar-refractivity contribution is 9.10. The third kappa shape index (κ3) is 6.96. The van der Waals surface area contributed by atoms with Crippen LogP contribution in [-0.2, 0) is 4.79 Å². The summed E-state index contributed by atoms with van der Waals surface area (Å²) in [7, 11) is 0. The van der Waals surface area contributed by atoms with Crippen LogP contribution in [0.25, 0.3) is 0 Å². The number of hydrogen-bond acceptors (Lipinski definition) is 3. The van der Waals surface area contributed by atoms with Crippen molar-refractivity contribution in [1.29, 1.82) is 0 Å². The molecule has 0 radical (unpaired) electrons. The fraction of sp³-hybridized carbons (Fsp3) is 0.316. The van der Waals surface area contributed by atoms with Gasteiger partial charge in [-0.15, -0.1) is 0 Å².